The predicted molar refractivity (Wildman–Crippen MR) is 75.0 cm³/mol. The normalized spacial score (nSPS) is 22.8. The number of carbonyl (C=O) groups excluding carboxylic acids is 1. The van der Waals surface area contributed by atoms with Gasteiger partial charge in [0, 0.05) is 17.0 Å². The quantitative estimate of drug-likeness (QED) is 0.491. The van der Waals surface area contributed by atoms with Crippen LogP contribution >= 0.6 is 12.6 Å². The van der Waals surface area contributed by atoms with Crippen LogP contribution in [-0.4, -0.2) is 23.8 Å². The third kappa shape index (κ3) is 3.15. The molecule has 0 aromatic carbocycles. The Labute approximate surface area is 118 Å². The summed E-state index contributed by atoms with van der Waals surface area (Å²) in [5.74, 6) is 0.194. The van der Waals surface area contributed by atoms with Crippen molar-refractivity contribution in [3.8, 4) is 0 Å². The molecule has 1 aliphatic carbocycles. The Bertz CT molecular complexity index is 482. The molecule has 0 radical (unpaired) electrons. The molecule has 0 amide bonds. The van der Waals surface area contributed by atoms with E-state index in [1.165, 1.54) is 7.11 Å². The van der Waals surface area contributed by atoms with Gasteiger partial charge in [0.05, 0.1) is 13.0 Å². The van der Waals surface area contributed by atoms with Crippen molar-refractivity contribution in [2.45, 2.75) is 30.6 Å². The minimum absolute atomic E-state index is 0.0215. The standard InChI is InChI=1S/C14H18N2O2S/c1-18-14(17)10-6-4-9(5-7-10)12(15)13-11(19)3-2-8-16-13/h2-3,8-10,15,19H,4-7H2,1H3/p+1. The van der Waals surface area contributed by atoms with E-state index in [1.54, 1.807) is 6.20 Å². The third-order valence-electron chi connectivity index (χ3n) is 3.76. The average Bonchev–Trinajstić information content (AvgIpc) is 2.46. The lowest BCUT2D eigenvalue weighted by atomic mass is 9.79. The van der Waals surface area contributed by atoms with Gasteiger partial charge in [0.25, 0.3) is 0 Å². The van der Waals surface area contributed by atoms with E-state index in [9.17, 15) is 4.79 Å². The summed E-state index contributed by atoms with van der Waals surface area (Å²) in [7, 11) is 1.44. The first-order chi connectivity index (χ1) is 9.13. The van der Waals surface area contributed by atoms with Crippen LogP contribution in [0.4, 0.5) is 0 Å². The molecule has 0 unspecified atom stereocenters. The van der Waals surface area contributed by atoms with Gasteiger partial charge < -0.3 is 4.74 Å². The summed E-state index contributed by atoms with van der Waals surface area (Å²) >= 11 is 4.38. The second-order valence-electron chi connectivity index (χ2n) is 4.90. The van der Waals surface area contributed by atoms with Crippen molar-refractivity contribution >= 4 is 24.3 Å². The highest BCUT2D eigenvalue weighted by molar-refractivity contribution is 7.80. The predicted octanol–water partition coefficient (Wildman–Crippen LogP) is 0.898. The number of nitrogens with two attached hydrogens (primary N) is 1. The number of aromatic nitrogens is 1. The molecular formula is C14H19N2O2S+. The van der Waals surface area contributed by atoms with Gasteiger partial charge in [0.2, 0.25) is 5.71 Å². The number of pyridine rings is 1. The summed E-state index contributed by atoms with van der Waals surface area (Å²) in [5.41, 5.74) is 1.56. The number of thiol groups is 1. The topological polar surface area (TPSA) is 64.8 Å². The van der Waals surface area contributed by atoms with E-state index in [4.69, 9.17) is 10.1 Å². The Balaban J connectivity index is 2.00. The highest BCUT2D eigenvalue weighted by Gasteiger charge is 2.32. The van der Waals surface area contributed by atoms with Crippen molar-refractivity contribution in [1.29, 1.82) is 0 Å². The number of hydrogen-bond donors (Lipinski definition) is 2. The molecule has 1 saturated carbocycles. The molecule has 0 saturated heterocycles. The summed E-state index contributed by atoms with van der Waals surface area (Å²) in [6.07, 6.45) is 5.17. The van der Waals surface area contributed by atoms with Crippen molar-refractivity contribution in [2.24, 2.45) is 11.8 Å². The van der Waals surface area contributed by atoms with E-state index in [2.05, 4.69) is 17.6 Å². The maximum atomic E-state index is 11.5. The van der Waals surface area contributed by atoms with Crippen LogP contribution in [0.3, 0.4) is 0 Å². The van der Waals surface area contributed by atoms with Gasteiger partial charge in [0.1, 0.15) is 5.69 Å². The molecule has 0 spiro atoms. The maximum Gasteiger partial charge on any atom is 0.308 e. The molecule has 1 aromatic rings. The second-order valence-corrected chi connectivity index (χ2v) is 5.38. The Morgan fingerprint density at radius 1 is 1.37 bits per heavy atom. The summed E-state index contributed by atoms with van der Waals surface area (Å²) in [6.45, 7) is 0. The molecule has 1 aromatic heterocycles. The summed E-state index contributed by atoms with van der Waals surface area (Å²) in [4.78, 5) is 16.6. The minimum atomic E-state index is -0.107. The van der Waals surface area contributed by atoms with E-state index in [1.807, 2.05) is 12.1 Å². The number of esters is 1. The van der Waals surface area contributed by atoms with Gasteiger partial charge in [-0.05, 0) is 37.8 Å². The minimum Gasteiger partial charge on any atom is -0.469 e. The van der Waals surface area contributed by atoms with Gasteiger partial charge in [0.15, 0.2) is 0 Å². The second kappa shape index (κ2) is 6.19. The lowest BCUT2D eigenvalue weighted by Gasteiger charge is -2.25. The van der Waals surface area contributed by atoms with Gasteiger partial charge in [-0.25, -0.2) is 4.98 Å². The Morgan fingerprint density at radius 3 is 2.58 bits per heavy atom. The fourth-order valence-corrected chi connectivity index (χ4v) is 2.89. The molecule has 2 N–H and O–H groups in total. The molecule has 1 fully saturated rings. The van der Waals surface area contributed by atoms with Crippen molar-refractivity contribution in [2.75, 3.05) is 7.11 Å². The van der Waals surface area contributed by atoms with Crippen molar-refractivity contribution < 1.29 is 14.9 Å². The lowest BCUT2D eigenvalue weighted by Crippen LogP contribution is -2.47. The number of carbonyl (C=O) groups is 1. The molecule has 0 atom stereocenters. The van der Waals surface area contributed by atoms with Crippen LogP contribution in [0.2, 0.25) is 0 Å². The number of ether oxygens (including phenoxy) is 1. The van der Waals surface area contributed by atoms with Gasteiger partial charge in [-0.15, -0.1) is 12.6 Å². The molecule has 1 heterocycles. The fourth-order valence-electron chi connectivity index (χ4n) is 2.62. The first kappa shape index (κ1) is 14.1. The maximum absolute atomic E-state index is 11.5. The largest absolute Gasteiger partial charge is 0.469 e. The zero-order valence-corrected chi connectivity index (χ0v) is 11.9. The van der Waals surface area contributed by atoms with E-state index < -0.39 is 0 Å². The smallest absolute Gasteiger partial charge is 0.308 e. The molecule has 4 nitrogen and oxygen atoms in total. The van der Waals surface area contributed by atoms with E-state index in [0.29, 0.717) is 0 Å². The number of methoxy groups -OCH3 is 1. The monoisotopic (exact) mass is 279 g/mol. The number of hydrogen-bond acceptors (Lipinski definition) is 4. The van der Waals surface area contributed by atoms with Gasteiger partial charge in [-0.1, -0.05) is 0 Å². The fraction of sp³-hybridized carbons (Fsp3) is 0.500. The zero-order chi connectivity index (χ0) is 13.8. The first-order valence-corrected chi connectivity index (χ1v) is 6.92. The SMILES string of the molecule is COC(=O)C1CCC(C(=[NH2+])c2ncccc2S)CC1. The summed E-state index contributed by atoms with van der Waals surface area (Å²) < 4.78 is 4.79. The van der Waals surface area contributed by atoms with Crippen molar-refractivity contribution in [3.05, 3.63) is 24.0 Å². The van der Waals surface area contributed by atoms with Crippen LogP contribution in [0.15, 0.2) is 23.2 Å². The highest BCUT2D eigenvalue weighted by atomic mass is 32.1. The van der Waals surface area contributed by atoms with Crippen LogP contribution < -0.4 is 5.41 Å². The lowest BCUT2D eigenvalue weighted by molar-refractivity contribution is -0.147. The highest BCUT2D eigenvalue weighted by Crippen LogP contribution is 2.31. The van der Waals surface area contributed by atoms with Crippen molar-refractivity contribution in [1.82, 2.24) is 4.98 Å². The first-order valence-electron chi connectivity index (χ1n) is 6.48. The van der Waals surface area contributed by atoms with E-state index in [0.717, 1.165) is 42.0 Å². The molecular weight excluding hydrogens is 260 g/mol. The van der Waals surface area contributed by atoms with Crippen LogP contribution in [0.5, 0.6) is 0 Å². The number of rotatable bonds is 3. The van der Waals surface area contributed by atoms with Crippen LogP contribution in [0.1, 0.15) is 31.4 Å². The van der Waals surface area contributed by atoms with Gasteiger partial charge in [-0.3, -0.25) is 10.2 Å². The van der Waals surface area contributed by atoms with E-state index >= 15 is 0 Å². The third-order valence-corrected chi connectivity index (χ3v) is 4.12. The number of nitrogens with zero attached hydrogens (tertiary/aromatic N) is 1. The molecule has 1 aliphatic rings. The average molecular weight is 279 g/mol. The Kier molecular flexibility index (Phi) is 4.58. The van der Waals surface area contributed by atoms with Gasteiger partial charge in [-0.2, -0.15) is 0 Å². The molecule has 5 heteroatoms. The summed E-state index contributed by atoms with van der Waals surface area (Å²) in [5, 5.41) is 6.21. The van der Waals surface area contributed by atoms with Crippen LogP contribution in [-0.2, 0) is 9.53 Å². The Morgan fingerprint density at radius 2 is 2.00 bits per heavy atom. The van der Waals surface area contributed by atoms with Gasteiger partial charge >= 0.3 is 5.97 Å². The van der Waals surface area contributed by atoms with E-state index in [-0.39, 0.29) is 17.8 Å². The Hall–Kier alpha value is -1.36. The molecule has 2 rings (SSSR count). The molecule has 102 valence electrons. The molecule has 0 aliphatic heterocycles. The summed E-state index contributed by atoms with van der Waals surface area (Å²) in [6, 6.07) is 3.73. The molecule has 19 heavy (non-hydrogen) atoms. The molecule has 0 bridgehead atoms. The van der Waals surface area contributed by atoms with Crippen molar-refractivity contribution in [3.63, 3.8) is 0 Å². The van der Waals surface area contributed by atoms with Crippen LogP contribution in [0, 0.1) is 11.8 Å². The van der Waals surface area contributed by atoms with Crippen LogP contribution in [0.25, 0.3) is 0 Å². The zero-order valence-electron chi connectivity index (χ0n) is 11.0.